The SMILES string of the molecule is CCn1ncc(OC)c1C(=O)CC(N)C1CC1. The molecule has 5 heteroatoms. The molecule has 1 aromatic rings. The minimum atomic E-state index is -0.0209. The number of aromatic nitrogens is 2. The van der Waals surface area contributed by atoms with Gasteiger partial charge in [-0.1, -0.05) is 0 Å². The number of Topliss-reactive ketones (excluding diaryl/α,β-unsaturated/α-hetero) is 1. The topological polar surface area (TPSA) is 70.1 Å². The number of carbonyl (C=O) groups excluding carboxylic acids is 1. The Balaban J connectivity index is 2.13. The molecule has 17 heavy (non-hydrogen) atoms. The lowest BCUT2D eigenvalue weighted by molar-refractivity contribution is 0.0958. The van der Waals surface area contributed by atoms with Crippen LogP contribution in [0.5, 0.6) is 5.75 Å². The number of carbonyl (C=O) groups is 1. The van der Waals surface area contributed by atoms with E-state index in [9.17, 15) is 4.79 Å². The zero-order valence-corrected chi connectivity index (χ0v) is 10.3. The van der Waals surface area contributed by atoms with Gasteiger partial charge in [0.1, 0.15) is 5.69 Å². The smallest absolute Gasteiger partial charge is 0.186 e. The third-order valence-corrected chi connectivity index (χ3v) is 3.24. The second-order valence-corrected chi connectivity index (χ2v) is 4.51. The molecule has 1 aromatic heterocycles. The van der Waals surface area contributed by atoms with Gasteiger partial charge in [-0.25, -0.2) is 0 Å². The highest BCUT2D eigenvalue weighted by Gasteiger charge is 2.31. The number of ether oxygens (including phenoxy) is 1. The summed E-state index contributed by atoms with van der Waals surface area (Å²) < 4.78 is 6.83. The minimum Gasteiger partial charge on any atom is -0.493 e. The van der Waals surface area contributed by atoms with Crippen LogP contribution in [0.2, 0.25) is 0 Å². The molecule has 2 N–H and O–H groups in total. The molecule has 1 aliphatic carbocycles. The first-order valence-electron chi connectivity index (χ1n) is 6.06. The highest BCUT2D eigenvalue weighted by Crippen LogP contribution is 2.33. The Morgan fingerprint density at radius 3 is 2.94 bits per heavy atom. The summed E-state index contributed by atoms with van der Waals surface area (Å²) in [5, 5.41) is 4.12. The molecule has 2 rings (SSSR count). The van der Waals surface area contributed by atoms with Gasteiger partial charge in [-0.2, -0.15) is 5.10 Å². The number of rotatable bonds is 6. The number of nitrogens with two attached hydrogens (primary N) is 1. The monoisotopic (exact) mass is 237 g/mol. The van der Waals surface area contributed by atoms with Gasteiger partial charge in [-0.15, -0.1) is 0 Å². The van der Waals surface area contributed by atoms with Crippen LogP contribution < -0.4 is 10.5 Å². The van der Waals surface area contributed by atoms with Gasteiger partial charge < -0.3 is 10.5 Å². The molecular formula is C12H19N3O2. The normalized spacial score (nSPS) is 16.9. The van der Waals surface area contributed by atoms with Crippen molar-refractivity contribution in [3.05, 3.63) is 11.9 Å². The third kappa shape index (κ3) is 2.49. The van der Waals surface area contributed by atoms with Gasteiger partial charge in [0.05, 0.1) is 13.3 Å². The van der Waals surface area contributed by atoms with E-state index in [1.54, 1.807) is 18.0 Å². The Hall–Kier alpha value is -1.36. The van der Waals surface area contributed by atoms with Gasteiger partial charge in [-0.3, -0.25) is 9.48 Å². The van der Waals surface area contributed by atoms with Gasteiger partial charge in [0, 0.05) is 19.0 Å². The largest absolute Gasteiger partial charge is 0.493 e. The van der Waals surface area contributed by atoms with Crippen LogP contribution in [0, 0.1) is 5.92 Å². The summed E-state index contributed by atoms with van der Waals surface area (Å²) >= 11 is 0. The summed E-state index contributed by atoms with van der Waals surface area (Å²) in [7, 11) is 1.55. The fourth-order valence-electron chi connectivity index (χ4n) is 2.04. The number of hydrogen-bond donors (Lipinski definition) is 1. The van der Waals surface area contributed by atoms with Crippen LogP contribution >= 0.6 is 0 Å². The van der Waals surface area contributed by atoms with Crippen molar-refractivity contribution in [1.82, 2.24) is 9.78 Å². The molecule has 1 unspecified atom stereocenters. The molecular weight excluding hydrogens is 218 g/mol. The van der Waals surface area contributed by atoms with E-state index in [4.69, 9.17) is 10.5 Å². The van der Waals surface area contributed by atoms with Crippen molar-refractivity contribution in [2.45, 2.75) is 38.8 Å². The van der Waals surface area contributed by atoms with Crippen molar-refractivity contribution in [1.29, 1.82) is 0 Å². The fraction of sp³-hybridized carbons (Fsp3) is 0.667. The number of nitrogens with zero attached hydrogens (tertiary/aromatic N) is 2. The third-order valence-electron chi connectivity index (χ3n) is 3.24. The molecule has 0 aliphatic heterocycles. The molecule has 0 radical (unpaired) electrons. The standard InChI is InChI=1S/C12H19N3O2/c1-3-15-12(11(17-2)7-14-15)10(16)6-9(13)8-4-5-8/h7-9H,3-6,13H2,1-2H3. The van der Waals surface area contributed by atoms with Gasteiger partial charge >= 0.3 is 0 Å². The highest BCUT2D eigenvalue weighted by molar-refractivity contribution is 5.97. The molecule has 1 fully saturated rings. The van der Waals surface area contributed by atoms with E-state index in [0.717, 1.165) is 12.8 Å². The van der Waals surface area contributed by atoms with Crippen LogP contribution in [0.4, 0.5) is 0 Å². The lowest BCUT2D eigenvalue weighted by Gasteiger charge is -2.10. The lowest BCUT2D eigenvalue weighted by Crippen LogP contribution is -2.27. The predicted molar refractivity (Wildman–Crippen MR) is 64.1 cm³/mol. The summed E-state index contributed by atoms with van der Waals surface area (Å²) in [4.78, 5) is 12.2. The quantitative estimate of drug-likeness (QED) is 0.755. The van der Waals surface area contributed by atoms with Gasteiger partial charge in [-0.05, 0) is 25.7 Å². The molecule has 0 amide bonds. The zero-order valence-electron chi connectivity index (χ0n) is 10.3. The van der Waals surface area contributed by atoms with Crippen molar-refractivity contribution in [3.8, 4) is 5.75 Å². The van der Waals surface area contributed by atoms with Gasteiger partial charge in [0.25, 0.3) is 0 Å². The van der Waals surface area contributed by atoms with Crippen molar-refractivity contribution >= 4 is 5.78 Å². The van der Waals surface area contributed by atoms with Crippen molar-refractivity contribution in [2.75, 3.05) is 7.11 Å². The predicted octanol–water partition coefficient (Wildman–Crippen LogP) is 1.22. The second kappa shape index (κ2) is 4.87. The van der Waals surface area contributed by atoms with E-state index < -0.39 is 0 Å². The van der Waals surface area contributed by atoms with Gasteiger partial charge in [0.2, 0.25) is 0 Å². The van der Waals surface area contributed by atoms with E-state index in [1.807, 2.05) is 6.92 Å². The first-order chi connectivity index (χ1) is 8.17. The fourth-order valence-corrected chi connectivity index (χ4v) is 2.04. The number of ketones is 1. The number of hydrogen-bond acceptors (Lipinski definition) is 4. The first-order valence-corrected chi connectivity index (χ1v) is 6.06. The average Bonchev–Trinajstić information content (AvgIpc) is 3.08. The van der Waals surface area contributed by atoms with Crippen LogP contribution in [0.25, 0.3) is 0 Å². The summed E-state index contributed by atoms with van der Waals surface area (Å²) in [5.41, 5.74) is 6.53. The zero-order chi connectivity index (χ0) is 12.4. The van der Waals surface area contributed by atoms with Crippen LogP contribution in [-0.4, -0.2) is 28.7 Å². The Kier molecular flexibility index (Phi) is 3.47. The van der Waals surface area contributed by atoms with E-state index in [2.05, 4.69) is 5.10 Å². The van der Waals surface area contributed by atoms with Crippen LogP contribution in [-0.2, 0) is 6.54 Å². The van der Waals surface area contributed by atoms with E-state index in [-0.39, 0.29) is 11.8 Å². The van der Waals surface area contributed by atoms with Crippen LogP contribution in [0.3, 0.4) is 0 Å². The van der Waals surface area contributed by atoms with Crippen LogP contribution in [0.15, 0.2) is 6.20 Å². The van der Waals surface area contributed by atoms with Crippen molar-refractivity contribution in [2.24, 2.45) is 11.7 Å². The molecule has 0 saturated heterocycles. The van der Waals surface area contributed by atoms with Crippen molar-refractivity contribution in [3.63, 3.8) is 0 Å². The summed E-state index contributed by atoms with van der Waals surface area (Å²) in [6.45, 7) is 2.60. The van der Waals surface area contributed by atoms with Crippen LogP contribution in [0.1, 0.15) is 36.7 Å². The Morgan fingerprint density at radius 2 is 2.41 bits per heavy atom. The molecule has 1 heterocycles. The van der Waals surface area contributed by atoms with E-state index >= 15 is 0 Å². The Bertz CT molecular complexity index is 388. The average molecular weight is 237 g/mol. The molecule has 5 nitrogen and oxygen atoms in total. The molecule has 1 atom stereocenters. The molecule has 0 aromatic carbocycles. The lowest BCUT2D eigenvalue weighted by atomic mass is 10.0. The Morgan fingerprint density at radius 1 is 1.71 bits per heavy atom. The summed E-state index contributed by atoms with van der Waals surface area (Å²) in [6.07, 6.45) is 4.27. The minimum absolute atomic E-state index is 0.0209. The first kappa shape index (κ1) is 12.1. The highest BCUT2D eigenvalue weighted by atomic mass is 16.5. The maximum atomic E-state index is 12.2. The molecule has 1 aliphatic rings. The Labute approximate surface area is 101 Å². The van der Waals surface area contributed by atoms with Crippen molar-refractivity contribution < 1.29 is 9.53 Å². The number of methoxy groups -OCH3 is 1. The maximum Gasteiger partial charge on any atom is 0.186 e. The molecule has 1 saturated carbocycles. The maximum absolute atomic E-state index is 12.2. The summed E-state index contributed by atoms with van der Waals surface area (Å²) in [5.74, 6) is 1.10. The summed E-state index contributed by atoms with van der Waals surface area (Å²) in [6, 6.07) is -0.0209. The molecule has 0 bridgehead atoms. The molecule has 0 spiro atoms. The molecule has 94 valence electrons. The van der Waals surface area contributed by atoms with E-state index in [0.29, 0.717) is 30.3 Å². The van der Waals surface area contributed by atoms with Gasteiger partial charge in [0.15, 0.2) is 11.5 Å². The second-order valence-electron chi connectivity index (χ2n) is 4.51. The number of aryl methyl sites for hydroxylation is 1. The van der Waals surface area contributed by atoms with E-state index in [1.165, 1.54) is 0 Å².